The Morgan fingerprint density at radius 2 is 1.91 bits per heavy atom. The number of nitrogens with one attached hydrogen (secondary N) is 1. The molecule has 1 fully saturated rings. The molecule has 0 saturated carbocycles. The molecule has 1 N–H and O–H groups in total. The van der Waals surface area contributed by atoms with Crippen LogP contribution in [-0.2, 0) is 16.0 Å². The molecule has 174 valence electrons. The number of carbonyl (C=O) groups is 2. The summed E-state index contributed by atoms with van der Waals surface area (Å²) in [6, 6.07) is 9.41. The van der Waals surface area contributed by atoms with Gasteiger partial charge in [-0.15, -0.1) is 0 Å². The fourth-order valence-corrected chi connectivity index (χ4v) is 3.70. The predicted molar refractivity (Wildman–Crippen MR) is 123 cm³/mol. The van der Waals surface area contributed by atoms with Crippen molar-refractivity contribution in [2.75, 3.05) is 51.3 Å². The zero-order chi connectivity index (χ0) is 22.8. The smallest absolute Gasteiger partial charge is 0.254 e. The average Bonchev–Trinajstić information content (AvgIpc) is 3.21. The third-order valence-corrected chi connectivity index (χ3v) is 5.58. The van der Waals surface area contributed by atoms with Crippen molar-refractivity contribution in [1.82, 2.24) is 15.0 Å². The number of morpholine rings is 1. The molecule has 1 aromatic heterocycles. The van der Waals surface area contributed by atoms with Crippen LogP contribution in [0.1, 0.15) is 47.9 Å². The van der Waals surface area contributed by atoms with Crippen LogP contribution in [0.25, 0.3) is 0 Å². The standard InChI is InChI=1S/C24H34N4O4/c1-3-4-5-6-20-7-9-21(10-8-20)24(30)28(12-11-27-13-15-31-16-14-27)18-23(29)25-22-17-19(2)32-26-22/h7-10,17H,3-6,11-16,18H2,1-2H3,(H,25,26,29). The first kappa shape index (κ1) is 23.9. The summed E-state index contributed by atoms with van der Waals surface area (Å²) in [6.45, 7) is 8.10. The van der Waals surface area contributed by atoms with Gasteiger partial charge in [0.2, 0.25) is 5.91 Å². The Labute approximate surface area is 189 Å². The summed E-state index contributed by atoms with van der Waals surface area (Å²) in [5, 5.41) is 6.50. The van der Waals surface area contributed by atoms with Crippen molar-refractivity contribution in [2.24, 2.45) is 0 Å². The fraction of sp³-hybridized carbons (Fsp3) is 0.542. The number of anilines is 1. The third kappa shape index (κ3) is 7.46. The number of benzene rings is 1. The number of rotatable bonds is 11. The molecule has 2 aromatic rings. The number of ether oxygens (including phenoxy) is 1. The maximum atomic E-state index is 13.2. The van der Waals surface area contributed by atoms with Crippen molar-refractivity contribution < 1.29 is 18.8 Å². The zero-order valence-corrected chi connectivity index (χ0v) is 19.1. The van der Waals surface area contributed by atoms with Crippen LogP contribution in [0.15, 0.2) is 34.9 Å². The van der Waals surface area contributed by atoms with E-state index < -0.39 is 0 Å². The summed E-state index contributed by atoms with van der Waals surface area (Å²) in [6.07, 6.45) is 4.56. The quantitative estimate of drug-likeness (QED) is 0.538. The van der Waals surface area contributed by atoms with E-state index in [4.69, 9.17) is 9.26 Å². The van der Waals surface area contributed by atoms with Gasteiger partial charge in [0.25, 0.3) is 5.91 Å². The van der Waals surface area contributed by atoms with E-state index in [1.165, 1.54) is 18.4 Å². The second kappa shape index (κ2) is 12.4. The van der Waals surface area contributed by atoms with Crippen LogP contribution >= 0.6 is 0 Å². The Kier molecular flexibility index (Phi) is 9.25. The zero-order valence-electron chi connectivity index (χ0n) is 19.1. The number of amides is 2. The molecule has 0 radical (unpaired) electrons. The van der Waals surface area contributed by atoms with Crippen molar-refractivity contribution in [3.63, 3.8) is 0 Å². The summed E-state index contributed by atoms with van der Waals surface area (Å²) >= 11 is 0. The van der Waals surface area contributed by atoms with Gasteiger partial charge in [0.05, 0.1) is 13.2 Å². The van der Waals surface area contributed by atoms with Gasteiger partial charge in [0.1, 0.15) is 12.3 Å². The number of carbonyl (C=O) groups excluding carboxylic acids is 2. The fourth-order valence-electron chi connectivity index (χ4n) is 3.70. The molecule has 0 atom stereocenters. The minimum absolute atomic E-state index is 0.0483. The van der Waals surface area contributed by atoms with Gasteiger partial charge in [-0.25, -0.2) is 0 Å². The van der Waals surface area contributed by atoms with Gasteiger partial charge in [-0.2, -0.15) is 0 Å². The lowest BCUT2D eigenvalue weighted by atomic mass is 10.0. The predicted octanol–water partition coefficient (Wildman–Crippen LogP) is 3.13. The molecule has 0 bridgehead atoms. The second-order valence-corrected chi connectivity index (χ2v) is 8.21. The molecule has 32 heavy (non-hydrogen) atoms. The van der Waals surface area contributed by atoms with Gasteiger partial charge in [-0.3, -0.25) is 14.5 Å². The highest BCUT2D eigenvalue weighted by molar-refractivity contribution is 5.99. The maximum Gasteiger partial charge on any atom is 0.254 e. The largest absolute Gasteiger partial charge is 0.379 e. The molecule has 1 aromatic carbocycles. The molecule has 0 aliphatic carbocycles. The van der Waals surface area contributed by atoms with Gasteiger partial charge >= 0.3 is 0 Å². The topological polar surface area (TPSA) is 87.9 Å². The first-order chi connectivity index (χ1) is 15.5. The Bertz CT molecular complexity index is 859. The lowest BCUT2D eigenvalue weighted by Gasteiger charge is -2.30. The number of nitrogens with zero attached hydrogens (tertiary/aromatic N) is 3. The molecule has 3 rings (SSSR count). The number of unbranched alkanes of at least 4 members (excludes halogenated alkanes) is 2. The molecular formula is C24H34N4O4. The van der Waals surface area contributed by atoms with E-state index in [1.807, 2.05) is 24.3 Å². The molecule has 2 heterocycles. The highest BCUT2D eigenvalue weighted by atomic mass is 16.5. The molecule has 0 spiro atoms. The van der Waals surface area contributed by atoms with Crippen LogP contribution in [0.3, 0.4) is 0 Å². The third-order valence-electron chi connectivity index (χ3n) is 5.58. The van der Waals surface area contributed by atoms with Crippen LogP contribution in [0.2, 0.25) is 0 Å². The Morgan fingerprint density at radius 3 is 2.56 bits per heavy atom. The van der Waals surface area contributed by atoms with E-state index in [-0.39, 0.29) is 18.4 Å². The average molecular weight is 443 g/mol. The van der Waals surface area contributed by atoms with Crippen molar-refractivity contribution >= 4 is 17.6 Å². The molecule has 1 saturated heterocycles. The van der Waals surface area contributed by atoms with Gasteiger partial charge < -0.3 is 19.5 Å². The van der Waals surface area contributed by atoms with E-state index >= 15 is 0 Å². The lowest BCUT2D eigenvalue weighted by molar-refractivity contribution is -0.117. The summed E-state index contributed by atoms with van der Waals surface area (Å²) in [5.41, 5.74) is 1.82. The summed E-state index contributed by atoms with van der Waals surface area (Å²) in [7, 11) is 0. The van der Waals surface area contributed by atoms with E-state index in [0.29, 0.717) is 43.4 Å². The normalized spacial score (nSPS) is 14.3. The molecule has 2 amide bonds. The van der Waals surface area contributed by atoms with Crippen molar-refractivity contribution in [3.05, 3.63) is 47.2 Å². The first-order valence-electron chi connectivity index (χ1n) is 11.5. The molecule has 1 aliphatic rings. The Morgan fingerprint density at radius 1 is 1.16 bits per heavy atom. The molecule has 8 nitrogen and oxygen atoms in total. The van der Waals surface area contributed by atoms with Crippen LogP contribution in [0, 0.1) is 6.92 Å². The molecule has 1 aliphatic heterocycles. The van der Waals surface area contributed by atoms with Gasteiger partial charge in [-0.1, -0.05) is 37.1 Å². The highest BCUT2D eigenvalue weighted by Crippen LogP contribution is 2.12. The first-order valence-corrected chi connectivity index (χ1v) is 11.5. The van der Waals surface area contributed by atoms with Gasteiger partial charge in [0, 0.05) is 37.8 Å². The summed E-state index contributed by atoms with van der Waals surface area (Å²) in [5.74, 6) is 0.513. The lowest BCUT2D eigenvalue weighted by Crippen LogP contribution is -2.45. The summed E-state index contributed by atoms with van der Waals surface area (Å²) < 4.78 is 10.4. The number of aryl methyl sites for hydroxylation is 2. The maximum absolute atomic E-state index is 13.2. The van der Waals surface area contributed by atoms with E-state index in [2.05, 4.69) is 22.3 Å². The molecule has 0 unspecified atom stereocenters. The molecule has 8 heteroatoms. The van der Waals surface area contributed by atoms with Crippen LogP contribution in [-0.4, -0.2) is 72.7 Å². The van der Waals surface area contributed by atoms with Crippen molar-refractivity contribution in [1.29, 1.82) is 0 Å². The van der Waals surface area contributed by atoms with Crippen molar-refractivity contribution in [2.45, 2.75) is 39.5 Å². The van der Waals surface area contributed by atoms with Crippen LogP contribution < -0.4 is 5.32 Å². The molecular weight excluding hydrogens is 408 g/mol. The Hall–Kier alpha value is -2.71. The minimum Gasteiger partial charge on any atom is -0.379 e. The van der Waals surface area contributed by atoms with E-state index in [1.54, 1.807) is 17.9 Å². The monoisotopic (exact) mass is 442 g/mol. The Balaban J connectivity index is 1.64. The van der Waals surface area contributed by atoms with Crippen LogP contribution in [0.4, 0.5) is 5.82 Å². The van der Waals surface area contributed by atoms with E-state index in [9.17, 15) is 9.59 Å². The highest BCUT2D eigenvalue weighted by Gasteiger charge is 2.21. The van der Waals surface area contributed by atoms with Crippen molar-refractivity contribution in [3.8, 4) is 0 Å². The van der Waals surface area contributed by atoms with Crippen LogP contribution in [0.5, 0.6) is 0 Å². The van der Waals surface area contributed by atoms with Gasteiger partial charge in [-0.05, 0) is 37.5 Å². The van der Waals surface area contributed by atoms with Gasteiger partial charge in [0.15, 0.2) is 5.82 Å². The minimum atomic E-state index is -0.301. The summed E-state index contributed by atoms with van der Waals surface area (Å²) in [4.78, 5) is 29.7. The SMILES string of the molecule is CCCCCc1ccc(C(=O)N(CCN2CCOCC2)CC(=O)Nc2cc(C)on2)cc1. The second-order valence-electron chi connectivity index (χ2n) is 8.21. The number of aromatic nitrogens is 1. The van der Waals surface area contributed by atoms with E-state index in [0.717, 1.165) is 25.9 Å². The number of hydrogen-bond acceptors (Lipinski definition) is 6. The number of hydrogen-bond donors (Lipinski definition) is 1.